The highest BCUT2D eigenvalue weighted by molar-refractivity contribution is 7.89. The fourth-order valence-corrected chi connectivity index (χ4v) is 3.92. The predicted molar refractivity (Wildman–Crippen MR) is 104 cm³/mol. The lowest BCUT2D eigenvalue weighted by Crippen LogP contribution is -2.38. The van der Waals surface area contributed by atoms with Crippen molar-refractivity contribution in [3.8, 4) is 0 Å². The Hall–Kier alpha value is -2.18. The van der Waals surface area contributed by atoms with Crippen molar-refractivity contribution < 1.29 is 13.2 Å². The van der Waals surface area contributed by atoms with Crippen LogP contribution < -0.4 is 5.32 Å². The lowest BCUT2D eigenvalue weighted by Gasteiger charge is -2.22. The zero-order valence-electron chi connectivity index (χ0n) is 15.1. The Bertz CT molecular complexity index is 777. The summed E-state index contributed by atoms with van der Waals surface area (Å²) in [4.78, 5) is 12.0. The van der Waals surface area contributed by atoms with Crippen molar-refractivity contribution in [2.24, 2.45) is 0 Å². The van der Waals surface area contributed by atoms with E-state index < -0.39 is 10.0 Å². The van der Waals surface area contributed by atoms with E-state index in [9.17, 15) is 13.2 Å². The Morgan fingerprint density at radius 2 is 1.62 bits per heavy atom. The van der Waals surface area contributed by atoms with Crippen LogP contribution in [-0.4, -0.2) is 37.5 Å². The smallest absolute Gasteiger partial charge is 0.251 e. The molecule has 2 rings (SSSR count). The number of rotatable bonds is 10. The molecule has 0 aliphatic carbocycles. The second kappa shape index (κ2) is 10.1. The maximum Gasteiger partial charge on any atom is 0.251 e. The molecule has 0 unspecified atom stereocenters. The van der Waals surface area contributed by atoms with E-state index in [-0.39, 0.29) is 18.2 Å². The lowest BCUT2D eigenvalue weighted by atomic mass is 10.2. The summed E-state index contributed by atoms with van der Waals surface area (Å²) in [6.07, 6.45) is 1.73. The van der Waals surface area contributed by atoms with Crippen LogP contribution in [0.1, 0.15) is 35.7 Å². The van der Waals surface area contributed by atoms with Crippen LogP contribution in [-0.2, 0) is 16.6 Å². The first-order valence-electron chi connectivity index (χ1n) is 8.88. The second-order valence-corrected chi connectivity index (χ2v) is 8.20. The molecule has 2 aromatic carbocycles. The van der Waals surface area contributed by atoms with Crippen molar-refractivity contribution in [2.45, 2.75) is 26.3 Å². The van der Waals surface area contributed by atoms with E-state index in [0.29, 0.717) is 18.7 Å². The van der Waals surface area contributed by atoms with Crippen LogP contribution in [0.25, 0.3) is 0 Å². The number of nitrogens with one attached hydrogen (secondary N) is 1. The summed E-state index contributed by atoms with van der Waals surface area (Å²) in [6.45, 7) is 2.97. The van der Waals surface area contributed by atoms with Crippen LogP contribution in [0.15, 0.2) is 60.7 Å². The maximum atomic E-state index is 12.7. The molecule has 5 nitrogen and oxygen atoms in total. The first kappa shape index (κ1) is 20.1. The normalized spacial score (nSPS) is 11.5. The van der Waals surface area contributed by atoms with Crippen molar-refractivity contribution in [2.75, 3.05) is 18.8 Å². The van der Waals surface area contributed by atoms with Crippen LogP contribution >= 0.6 is 0 Å². The molecule has 0 aliphatic heterocycles. The molecular weight excluding hydrogens is 348 g/mol. The van der Waals surface area contributed by atoms with Crippen molar-refractivity contribution >= 4 is 15.9 Å². The van der Waals surface area contributed by atoms with Crippen molar-refractivity contribution in [1.82, 2.24) is 9.62 Å². The molecule has 6 heteroatoms. The maximum absolute atomic E-state index is 12.7. The number of carbonyl (C=O) groups excluding carboxylic acids is 1. The van der Waals surface area contributed by atoms with Crippen molar-refractivity contribution in [1.29, 1.82) is 0 Å². The number of benzene rings is 2. The molecule has 1 N–H and O–H groups in total. The molecule has 140 valence electrons. The molecule has 0 spiro atoms. The number of amides is 1. The molecule has 0 atom stereocenters. The summed E-state index contributed by atoms with van der Waals surface area (Å²) < 4.78 is 27.0. The van der Waals surface area contributed by atoms with Gasteiger partial charge >= 0.3 is 0 Å². The molecule has 1 amide bonds. The monoisotopic (exact) mass is 374 g/mol. The van der Waals surface area contributed by atoms with Gasteiger partial charge in [0.2, 0.25) is 10.0 Å². The third kappa shape index (κ3) is 6.28. The Kier molecular flexibility index (Phi) is 7.81. The number of nitrogens with zero attached hydrogens (tertiary/aromatic N) is 1. The summed E-state index contributed by atoms with van der Waals surface area (Å²) >= 11 is 0. The second-order valence-electron chi connectivity index (χ2n) is 6.11. The molecule has 26 heavy (non-hydrogen) atoms. The molecule has 0 fully saturated rings. The van der Waals surface area contributed by atoms with Gasteiger partial charge in [0.15, 0.2) is 0 Å². The number of hydrogen-bond donors (Lipinski definition) is 1. The first-order chi connectivity index (χ1) is 12.5. The van der Waals surface area contributed by atoms with Gasteiger partial charge in [0.1, 0.15) is 0 Å². The van der Waals surface area contributed by atoms with Crippen LogP contribution in [0, 0.1) is 0 Å². The average molecular weight is 375 g/mol. The van der Waals surface area contributed by atoms with Crippen LogP contribution in [0.5, 0.6) is 0 Å². The average Bonchev–Trinajstić information content (AvgIpc) is 2.66. The first-order valence-corrected chi connectivity index (χ1v) is 10.5. The highest BCUT2D eigenvalue weighted by atomic mass is 32.2. The van der Waals surface area contributed by atoms with E-state index in [2.05, 4.69) is 5.32 Å². The van der Waals surface area contributed by atoms with Gasteiger partial charge in [0.25, 0.3) is 5.91 Å². The standard InChI is InChI=1S/C20H26N2O3S/c1-2-3-15-22(17-18-10-6-4-7-11-18)26(24,25)16-14-21-20(23)19-12-8-5-9-13-19/h4-13H,2-3,14-17H2,1H3,(H,21,23). The number of carbonyl (C=O) groups is 1. The van der Waals surface area contributed by atoms with Gasteiger partial charge in [0, 0.05) is 25.2 Å². The van der Waals surface area contributed by atoms with Crippen molar-refractivity contribution in [3.63, 3.8) is 0 Å². The summed E-state index contributed by atoms with van der Waals surface area (Å²) in [6, 6.07) is 18.3. The van der Waals surface area contributed by atoms with Gasteiger partial charge < -0.3 is 5.32 Å². The quantitative estimate of drug-likeness (QED) is 0.695. The van der Waals surface area contributed by atoms with Gasteiger partial charge in [-0.05, 0) is 24.1 Å². The SMILES string of the molecule is CCCCN(Cc1ccccc1)S(=O)(=O)CCNC(=O)c1ccccc1. The highest BCUT2D eigenvalue weighted by Gasteiger charge is 2.22. The Labute approximate surface area is 156 Å². The van der Waals surface area contributed by atoms with E-state index in [1.54, 1.807) is 24.3 Å². The van der Waals surface area contributed by atoms with Gasteiger partial charge in [-0.15, -0.1) is 0 Å². The predicted octanol–water partition coefficient (Wildman–Crippen LogP) is 3.05. The van der Waals surface area contributed by atoms with Gasteiger partial charge in [-0.3, -0.25) is 4.79 Å². The molecule has 0 aliphatic rings. The Balaban J connectivity index is 1.96. The lowest BCUT2D eigenvalue weighted by molar-refractivity contribution is 0.0956. The largest absolute Gasteiger partial charge is 0.351 e. The van der Waals surface area contributed by atoms with E-state index in [0.717, 1.165) is 18.4 Å². The van der Waals surface area contributed by atoms with Gasteiger partial charge in [-0.2, -0.15) is 4.31 Å². The zero-order chi connectivity index (χ0) is 18.8. The molecular formula is C20H26N2O3S. The molecule has 0 saturated carbocycles. The minimum atomic E-state index is -3.45. The van der Waals surface area contributed by atoms with E-state index in [1.165, 1.54) is 4.31 Å². The Morgan fingerprint density at radius 1 is 1.00 bits per heavy atom. The molecule has 0 saturated heterocycles. The highest BCUT2D eigenvalue weighted by Crippen LogP contribution is 2.11. The molecule has 0 heterocycles. The van der Waals surface area contributed by atoms with Crippen LogP contribution in [0.3, 0.4) is 0 Å². The number of unbranched alkanes of at least 4 members (excludes halogenated alkanes) is 1. The van der Waals surface area contributed by atoms with Crippen molar-refractivity contribution in [3.05, 3.63) is 71.8 Å². The third-order valence-electron chi connectivity index (χ3n) is 4.04. The van der Waals surface area contributed by atoms with E-state index >= 15 is 0 Å². The summed E-state index contributed by atoms with van der Waals surface area (Å²) in [5, 5.41) is 2.69. The van der Waals surface area contributed by atoms with Gasteiger partial charge in [0.05, 0.1) is 5.75 Å². The summed E-state index contributed by atoms with van der Waals surface area (Å²) in [7, 11) is -3.45. The van der Waals surface area contributed by atoms with E-state index in [1.807, 2.05) is 43.3 Å². The minimum Gasteiger partial charge on any atom is -0.351 e. The molecule has 0 radical (unpaired) electrons. The zero-order valence-corrected chi connectivity index (χ0v) is 15.9. The minimum absolute atomic E-state index is 0.0907. The van der Waals surface area contributed by atoms with Gasteiger partial charge in [-0.1, -0.05) is 61.9 Å². The number of sulfonamides is 1. The van der Waals surface area contributed by atoms with E-state index in [4.69, 9.17) is 0 Å². The summed E-state index contributed by atoms with van der Waals surface area (Å²) in [5.74, 6) is -0.369. The number of hydrogen-bond acceptors (Lipinski definition) is 3. The fraction of sp³-hybridized carbons (Fsp3) is 0.350. The molecule has 0 aromatic heterocycles. The Morgan fingerprint density at radius 3 is 2.23 bits per heavy atom. The van der Waals surface area contributed by atoms with Gasteiger partial charge in [-0.25, -0.2) is 8.42 Å². The van der Waals surface area contributed by atoms with Crippen LogP contribution in [0.4, 0.5) is 0 Å². The fourth-order valence-electron chi connectivity index (χ4n) is 2.55. The third-order valence-corrected chi connectivity index (χ3v) is 5.86. The van der Waals surface area contributed by atoms with Crippen LogP contribution in [0.2, 0.25) is 0 Å². The molecule has 0 bridgehead atoms. The molecule has 2 aromatic rings. The summed E-state index contributed by atoms with van der Waals surface area (Å²) in [5.41, 5.74) is 1.48. The topological polar surface area (TPSA) is 66.5 Å².